The molecule has 17 heavy (non-hydrogen) atoms. The molecular weight excluding hydrogens is 216 g/mol. The van der Waals surface area contributed by atoms with Crippen LogP contribution in [0.1, 0.15) is 23.2 Å². The number of amides is 1. The van der Waals surface area contributed by atoms with Crippen molar-refractivity contribution in [1.29, 1.82) is 0 Å². The number of carbonyl (C=O) groups excluding carboxylic acids is 2. The topological polar surface area (TPSA) is 49.4 Å². The minimum atomic E-state index is -0.320. The Morgan fingerprint density at radius 2 is 2.06 bits per heavy atom. The summed E-state index contributed by atoms with van der Waals surface area (Å²) in [5, 5.41) is 2.86. The van der Waals surface area contributed by atoms with Crippen molar-refractivity contribution in [2.45, 2.75) is 18.9 Å². The monoisotopic (exact) mass is 230 g/mol. The number of carbonyl (C=O) groups is 2. The van der Waals surface area contributed by atoms with Crippen LogP contribution in [0.3, 0.4) is 0 Å². The van der Waals surface area contributed by atoms with Crippen LogP contribution in [-0.4, -0.2) is 30.8 Å². The number of rotatable bonds is 0. The van der Waals surface area contributed by atoms with Gasteiger partial charge < -0.3 is 10.2 Å². The second-order valence-electron chi connectivity index (χ2n) is 4.50. The molecule has 0 aliphatic carbocycles. The highest BCUT2D eigenvalue weighted by Crippen LogP contribution is 2.31. The van der Waals surface area contributed by atoms with Crippen molar-refractivity contribution in [3.63, 3.8) is 0 Å². The average Bonchev–Trinajstić information content (AvgIpc) is 2.53. The van der Waals surface area contributed by atoms with Gasteiger partial charge in [0, 0.05) is 30.8 Å². The molecule has 1 atom stereocenters. The van der Waals surface area contributed by atoms with Gasteiger partial charge in [-0.15, -0.1) is 0 Å². The molecule has 0 radical (unpaired) electrons. The van der Waals surface area contributed by atoms with E-state index in [-0.39, 0.29) is 17.7 Å². The second kappa shape index (κ2) is 3.87. The van der Waals surface area contributed by atoms with Crippen LogP contribution < -0.4 is 10.2 Å². The number of anilines is 1. The maximum absolute atomic E-state index is 12.0. The van der Waals surface area contributed by atoms with Crippen LogP contribution in [0.2, 0.25) is 0 Å². The van der Waals surface area contributed by atoms with Gasteiger partial charge in [-0.1, -0.05) is 12.1 Å². The van der Waals surface area contributed by atoms with E-state index in [2.05, 4.69) is 10.2 Å². The molecule has 0 saturated carbocycles. The predicted molar refractivity (Wildman–Crippen MR) is 64.2 cm³/mol. The van der Waals surface area contributed by atoms with Gasteiger partial charge >= 0.3 is 0 Å². The highest BCUT2D eigenvalue weighted by Gasteiger charge is 2.36. The Balaban J connectivity index is 2.08. The molecule has 1 unspecified atom stereocenters. The van der Waals surface area contributed by atoms with E-state index in [1.165, 1.54) is 0 Å². The van der Waals surface area contributed by atoms with Crippen LogP contribution in [0.4, 0.5) is 5.69 Å². The number of hydrogen-bond acceptors (Lipinski definition) is 3. The van der Waals surface area contributed by atoms with Gasteiger partial charge in [-0.3, -0.25) is 9.59 Å². The summed E-state index contributed by atoms with van der Waals surface area (Å²) in [7, 11) is 0. The fraction of sp³-hybridized carbons (Fsp3) is 0.385. The lowest BCUT2D eigenvalue weighted by atomic mass is 9.94. The molecule has 4 heteroatoms. The molecule has 1 aromatic rings. The first-order valence-corrected chi connectivity index (χ1v) is 5.94. The molecule has 1 amide bonds. The summed E-state index contributed by atoms with van der Waals surface area (Å²) in [6, 6.07) is 7.24. The van der Waals surface area contributed by atoms with Crippen molar-refractivity contribution in [2.24, 2.45) is 0 Å². The third-order valence-corrected chi connectivity index (χ3v) is 3.45. The second-order valence-corrected chi connectivity index (χ2v) is 4.50. The van der Waals surface area contributed by atoms with Crippen LogP contribution in [0.15, 0.2) is 24.3 Å². The lowest BCUT2D eigenvalue weighted by Crippen LogP contribution is -2.48. The number of fused-ring (bicyclic) bond motifs is 3. The Hall–Kier alpha value is -1.84. The lowest BCUT2D eigenvalue weighted by molar-refractivity contribution is -0.122. The quantitative estimate of drug-likeness (QED) is 0.722. The summed E-state index contributed by atoms with van der Waals surface area (Å²) in [5.41, 5.74) is 1.66. The van der Waals surface area contributed by atoms with Gasteiger partial charge in [0.05, 0.1) is 0 Å². The van der Waals surface area contributed by atoms with E-state index >= 15 is 0 Å². The first kappa shape index (κ1) is 10.3. The minimum absolute atomic E-state index is 0.0228. The first-order chi connectivity index (χ1) is 8.27. The molecule has 1 N–H and O–H groups in total. The van der Waals surface area contributed by atoms with Crippen molar-refractivity contribution in [2.75, 3.05) is 18.0 Å². The summed E-state index contributed by atoms with van der Waals surface area (Å²) in [4.78, 5) is 26.0. The van der Waals surface area contributed by atoms with Crippen LogP contribution >= 0.6 is 0 Å². The third kappa shape index (κ3) is 1.60. The number of nitrogens with one attached hydrogen (secondary N) is 1. The summed E-state index contributed by atoms with van der Waals surface area (Å²) in [6.45, 7) is 1.52. The van der Waals surface area contributed by atoms with E-state index in [1.807, 2.05) is 24.3 Å². The predicted octanol–water partition coefficient (Wildman–Crippen LogP) is 0.968. The van der Waals surface area contributed by atoms with Gasteiger partial charge in [-0.2, -0.15) is 0 Å². The van der Waals surface area contributed by atoms with Gasteiger partial charge in [-0.05, 0) is 18.6 Å². The maximum atomic E-state index is 12.0. The van der Waals surface area contributed by atoms with E-state index in [1.54, 1.807) is 0 Å². The van der Waals surface area contributed by atoms with Crippen molar-refractivity contribution in [1.82, 2.24) is 5.32 Å². The average molecular weight is 230 g/mol. The fourth-order valence-corrected chi connectivity index (χ4v) is 2.61. The third-order valence-electron chi connectivity index (χ3n) is 3.45. The zero-order chi connectivity index (χ0) is 11.8. The highest BCUT2D eigenvalue weighted by molar-refractivity contribution is 6.07. The molecule has 1 saturated heterocycles. The van der Waals surface area contributed by atoms with Crippen LogP contribution in [0.25, 0.3) is 0 Å². The summed E-state index contributed by atoms with van der Waals surface area (Å²) in [6.07, 6.45) is 1.22. The molecule has 2 heterocycles. The Morgan fingerprint density at radius 1 is 1.24 bits per heavy atom. The Morgan fingerprint density at radius 3 is 2.94 bits per heavy atom. The molecule has 1 fully saturated rings. The fourth-order valence-electron chi connectivity index (χ4n) is 2.61. The molecule has 1 aromatic carbocycles. The largest absolute Gasteiger partial charge is 0.359 e. The SMILES string of the molecule is O=C1CC2C(=O)NCCCN2c2ccccc21. The number of benzene rings is 1. The Kier molecular flexibility index (Phi) is 2.35. The van der Waals surface area contributed by atoms with E-state index < -0.39 is 0 Å². The van der Waals surface area contributed by atoms with E-state index in [0.29, 0.717) is 13.0 Å². The Labute approximate surface area is 99.6 Å². The van der Waals surface area contributed by atoms with Gasteiger partial charge in [0.2, 0.25) is 5.91 Å². The van der Waals surface area contributed by atoms with Gasteiger partial charge in [0.25, 0.3) is 0 Å². The Bertz CT molecular complexity index is 484. The standard InChI is InChI=1S/C13H14N2O2/c16-12-8-11-13(17)14-6-3-7-15(11)10-5-2-1-4-9(10)12/h1-2,4-5,11H,3,6-8H2,(H,14,17). The highest BCUT2D eigenvalue weighted by atomic mass is 16.2. The summed E-state index contributed by atoms with van der Waals surface area (Å²) >= 11 is 0. The molecule has 0 spiro atoms. The van der Waals surface area contributed by atoms with Crippen LogP contribution in [0.5, 0.6) is 0 Å². The van der Waals surface area contributed by atoms with Crippen molar-refractivity contribution >= 4 is 17.4 Å². The number of para-hydroxylation sites is 1. The number of Topliss-reactive ketones (excluding diaryl/α,β-unsaturated/α-hetero) is 1. The molecule has 2 aliphatic rings. The van der Waals surface area contributed by atoms with Crippen molar-refractivity contribution < 1.29 is 9.59 Å². The molecule has 88 valence electrons. The summed E-state index contributed by atoms with van der Waals surface area (Å²) < 4.78 is 0. The van der Waals surface area contributed by atoms with Crippen LogP contribution in [-0.2, 0) is 4.79 Å². The molecule has 0 bridgehead atoms. The first-order valence-electron chi connectivity index (χ1n) is 5.94. The summed E-state index contributed by atoms with van der Waals surface area (Å²) in [5.74, 6) is 0.0456. The number of ketones is 1. The number of nitrogens with zero attached hydrogens (tertiary/aromatic N) is 1. The van der Waals surface area contributed by atoms with Gasteiger partial charge in [0.1, 0.15) is 6.04 Å². The van der Waals surface area contributed by atoms with Crippen LogP contribution in [0, 0.1) is 0 Å². The van der Waals surface area contributed by atoms with E-state index in [9.17, 15) is 9.59 Å². The van der Waals surface area contributed by atoms with Crippen molar-refractivity contribution in [3.05, 3.63) is 29.8 Å². The lowest BCUT2D eigenvalue weighted by Gasteiger charge is -2.35. The maximum Gasteiger partial charge on any atom is 0.243 e. The molecule has 3 rings (SSSR count). The smallest absolute Gasteiger partial charge is 0.243 e. The molecule has 0 aromatic heterocycles. The van der Waals surface area contributed by atoms with Crippen molar-refractivity contribution in [3.8, 4) is 0 Å². The van der Waals surface area contributed by atoms with E-state index in [4.69, 9.17) is 0 Å². The zero-order valence-corrected chi connectivity index (χ0v) is 9.48. The minimum Gasteiger partial charge on any atom is -0.359 e. The zero-order valence-electron chi connectivity index (χ0n) is 9.48. The normalized spacial score (nSPS) is 23.5. The van der Waals surface area contributed by atoms with E-state index in [0.717, 1.165) is 24.2 Å². The van der Waals surface area contributed by atoms with Gasteiger partial charge in [0.15, 0.2) is 5.78 Å². The molecular formula is C13H14N2O2. The molecule has 2 aliphatic heterocycles. The number of hydrogen-bond donors (Lipinski definition) is 1. The van der Waals surface area contributed by atoms with Gasteiger partial charge in [-0.25, -0.2) is 0 Å². The molecule has 4 nitrogen and oxygen atoms in total.